The molecule has 0 unspecified atom stereocenters. The van der Waals surface area contributed by atoms with Crippen molar-refractivity contribution >= 4 is 17.7 Å². The molecule has 1 aromatic heterocycles. The van der Waals surface area contributed by atoms with Gasteiger partial charge in [0.25, 0.3) is 5.91 Å². The maximum atomic E-state index is 11.7. The Kier molecular flexibility index (Phi) is 2.41. The molecule has 74 valence electrons. The predicted molar refractivity (Wildman–Crippen MR) is 54.2 cm³/mol. The summed E-state index contributed by atoms with van der Waals surface area (Å²) < 4.78 is 0. The number of rotatable bonds is 2. The first kappa shape index (κ1) is 9.45. The number of hydrogen-bond acceptors (Lipinski definition) is 4. The normalized spacial score (nSPS) is 14.7. The lowest BCUT2D eigenvalue weighted by molar-refractivity contribution is 0.0786. The lowest BCUT2D eigenvalue weighted by Gasteiger charge is -2.10. The monoisotopic (exact) mass is 209 g/mol. The molecule has 1 aliphatic heterocycles. The topological polar surface area (TPSA) is 46.1 Å². The van der Waals surface area contributed by atoms with Crippen molar-refractivity contribution in [1.82, 2.24) is 14.9 Å². The summed E-state index contributed by atoms with van der Waals surface area (Å²) in [4.78, 5) is 21.8. The molecule has 2 rings (SSSR count). The number of nitrogens with zero attached hydrogens (tertiary/aromatic N) is 3. The minimum Gasteiger partial charge on any atom is -0.333 e. The van der Waals surface area contributed by atoms with Gasteiger partial charge in [-0.05, 0) is 13.2 Å². The Balaban J connectivity index is 2.38. The fourth-order valence-electron chi connectivity index (χ4n) is 1.47. The van der Waals surface area contributed by atoms with E-state index >= 15 is 0 Å². The van der Waals surface area contributed by atoms with E-state index in [0.29, 0.717) is 12.1 Å². The second-order valence-electron chi connectivity index (χ2n) is 3.04. The third kappa shape index (κ3) is 1.37. The van der Waals surface area contributed by atoms with Crippen molar-refractivity contribution in [3.05, 3.63) is 17.5 Å². The second-order valence-corrected chi connectivity index (χ2v) is 3.81. The minimum atomic E-state index is 0.0511. The lowest BCUT2D eigenvalue weighted by Crippen LogP contribution is -2.22. The highest BCUT2D eigenvalue weighted by molar-refractivity contribution is 7.98. The van der Waals surface area contributed by atoms with E-state index in [0.717, 1.165) is 17.4 Å². The number of carbonyl (C=O) groups excluding carboxylic acids is 1. The molecule has 14 heavy (non-hydrogen) atoms. The smallest absolute Gasteiger partial charge is 0.257 e. The third-order valence-corrected chi connectivity index (χ3v) is 2.83. The van der Waals surface area contributed by atoms with E-state index in [1.807, 2.05) is 13.2 Å². The Hall–Kier alpha value is -1.10. The Labute approximate surface area is 86.7 Å². The quantitative estimate of drug-likeness (QED) is 0.542. The van der Waals surface area contributed by atoms with E-state index in [2.05, 4.69) is 9.97 Å². The Morgan fingerprint density at radius 1 is 1.64 bits per heavy atom. The van der Waals surface area contributed by atoms with Gasteiger partial charge in [0.2, 0.25) is 0 Å². The molecule has 0 spiro atoms. The summed E-state index contributed by atoms with van der Waals surface area (Å²) in [6, 6.07) is 0. The summed E-state index contributed by atoms with van der Waals surface area (Å²) in [5, 5.41) is 0.731. The van der Waals surface area contributed by atoms with Gasteiger partial charge >= 0.3 is 0 Å². The molecule has 0 N–H and O–H groups in total. The average molecular weight is 209 g/mol. The molecular weight excluding hydrogens is 198 g/mol. The molecule has 0 fully saturated rings. The van der Waals surface area contributed by atoms with E-state index in [-0.39, 0.29) is 5.91 Å². The van der Waals surface area contributed by atoms with Crippen LogP contribution in [-0.2, 0) is 6.54 Å². The Morgan fingerprint density at radius 2 is 2.43 bits per heavy atom. The van der Waals surface area contributed by atoms with E-state index in [1.165, 1.54) is 11.8 Å². The minimum absolute atomic E-state index is 0.0511. The number of fused-ring (bicyclic) bond motifs is 1. The molecule has 0 saturated carbocycles. The summed E-state index contributed by atoms with van der Waals surface area (Å²) >= 11 is 1.49. The van der Waals surface area contributed by atoms with Gasteiger partial charge in [-0.3, -0.25) is 4.79 Å². The van der Waals surface area contributed by atoms with Crippen LogP contribution in [0.5, 0.6) is 0 Å². The van der Waals surface area contributed by atoms with E-state index < -0.39 is 0 Å². The van der Waals surface area contributed by atoms with Crippen LogP contribution in [0.25, 0.3) is 0 Å². The van der Waals surface area contributed by atoms with E-state index in [4.69, 9.17) is 0 Å². The highest BCUT2D eigenvalue weighted by atomic mass is 32.2. The molecule has 0 aromatic carbocycles. The Morgan fingerprint density at radius 3 is 3.07 bits per heavy atom. The molecule has 5 heteroatoms. The number of amides is 1. The first-order valence-electron chi connectivity index (χ1n) is 4.45. The van der Waals surface area contributed by atoms with Gasteiger partial charge in [-0.15, -0.1) is 0 Å². The van der Waals surface area contributed by atoms with E-state index in [9.17, 15) is 4.79 Å². The zero-order chi connectivity index (χ0) is 10.1. The van der Waals surface area contributed by atoms with Crippen molar-refractivity contribution in [2.75, 3.05) is 12.8 Å². The summed E-state index contributed by atoms with van der Waals surface area (Å²) in [6.07, 6.45) is 3.56. The zero-order valence-electron chi connectivity index (χ0n) is 8.15. The van der Waals surface area contributed by atoms with Gasteiger partial charge in [-0.25, -0.2) is 9.97 Å². The van der Waals surface area contributed by atoms with Crippen molar-refractivity contribution in [2.45, 2.75) is 18.6 Å². The van der Waals surface area contributed by atoms with Gasteiger partial charge in [0, 0.05) is 12.7 Å². The SMILES string of the molecule is CCN1Cc2nc(SC)ncc2C1=O. The molecule has 0 atom stereocenters. The van der Waals surface area contributed by atoms with Crippen molar-refractivity contribution in [3.8, 4) is 0 Å². The van der Waals surface area contributed by atoms with Crippen LogP contribution >= 0.6 is 11.8 Å². The fraction of sp³-hybridized carbons (Fsp3) is 0.444. The van der Waals surface area contributed by atoms with Crippen molar-refractivity contribution in [2.24, 2.45) is 0 Å². The molecule has 2 heterocycles. The number of aromatic nitrogens is 2. The summed E-state index contributed by atoms with van der Waals surface area (Å²) in [5.41, 5.74) is 1.51. The Bertz CT molecular complexity index is 380. The van der Waals surface area contributed by atoms with Gasteiger partial charge in [0.15, 0.2) is 5.16 Å². The van der Waals surface area contributed by atoms with Crippen molar-refractivity contribution in [3.63, 3.8) is 0 Å². The number of thioether (sulfide) groups is 1. The maximum Gasteiger partial charge on any atom is 0.257 e. The maximum absolute atomic E-state index is 11.7. The highest BCUT2D eigenvalue weighted by Gasteiger charge is 2.27. The second kappa shape index (κ2) is 3.57. The van der Waals surface area contributed by atoms with Crippen LogP contribution in [-0.4, -0.2) is 33.6 Å². The van der Waals surface area contributed by atoms with Gasteiger partial charge in [-0.2, -0.15) is 0 Å². The molecule has 0 radical (unpaired) electrons. The van der Waals surface area contributed by atoms with Gasteiger partial charge in [-0.1, -0.05) is 11.8 Å². The molecule has 0 aliphatic carbocycles. The molecule has 1 aromatic rings. The average Bonchev–Trinajstić information content (AvgIpc) is 2.55. The summed E-state index contributed by atoms with van der Waals surface area (Å²) in [7, 11) is 0. The van der Waals surface area contributed by atoms with Crippen LogP contribution < -0.4 is 0 Å². The van der Waals surface area contributed by atoms with Crippen LogP contribution in [0.4, 0.5) is 0 Å². The first-order valence-corrected chi connectivity index (χ1v) is 5.68. The van der Waals surface area contributed by atoms with Crippen LogP contribution in [0.1, 0.15) is 23.0 Å². The molecular formula is C9H11N3OS. The van der Waals surface area contributed by atoms with Crippen LogP contribution in [0, 0.1) is 0 Å². The van der Waals surface area contributed by atoms with Gasteiger partial charge in [0.1, 0.15) is 0 Å². The summed E-state index contributed by atoms with van der Waals surface area (Å²) in [6.45, 7) is 3.32. The first-order chi connectivity index (χ1) is 6.76. The lowest BCUT2D eigenvalue weighted by atomic mass is 10.3. The van der Waals surface area contributed by atoms with Crippen LogP contribution in [0.3, 0.4) is 0 Å². The molecule has 1 amide bonds. The zero-order valence-corrected chi connectivity index (χ0v) is 8.97. The van der Waals surface area contributed by atoms with Crippen LogP contribution in [0.15, 0.2) is 11.4 Å². The molecule has 4 nitrogen and oxygen atoms in total. The molecule has 0 bridgehead atoms. The van der Waals surface area contributed by atoms with Crippen molar-refractivity contribution < 1.29 is 4.79 Å². The fourth-order valence-corrected chi connectivity index (χ4v) is 1.83. The molecule has 1 aliphatic rings. The summed E-state index contributed by atoms with van der Waals surface area (Å²) in [5.74, 6) is 0.0511. The largest absolute Gasteiger partial charge is 0.333 e. The van der Waals surface area contributed by atoms with Gasteiger partial charge < -0.3 is 4.90 Å². The third-order valence-electron chi connectivity index (χ3n) is 2.27. The van der Waals surface area contributed by atoms with Gasteiger partial charge in [0.05, 0.1) is 17.8 Å². The van der Waals surface area contributed by atoms with Crippen LogP contribution in [0.2, 0.25) is 0 Å². The number of hydrogen-bond donors (Lipinski definition) is 0. The van der Waals surface area contributed by atoms with E-state index in [1.54, 1.807) is 11.1 Å². The standard InChI is InChI=1S/C9H11N3OS/c1-3-12-5-7-6(8(12)13)4-10-9(11-7)14-2/h4H,3,5H2,1-2H3. The highest BCUT2D eigenvalue weighted by Crippen LogP contribution is 2.21. The predicted octanol–water partition coefficient (Wildman–Crippen LogP) is 1.17. The number of carbonyl (C=O) groups is 1. The molecule has 0 saturated heterocycles. The van der Waals surface area contributed by atoms with Crippen molar-refractivity contribution in [1.29, 1.82) is 0 Å².